The lowest BCUT2D eigenvalue weighted by Gasteiger charge is -2.35. The second-order valence-corrected chi connectivity index (χ2v) is 12.3. The minimum absolute atomic E-state index is 0.371. The van der Waals surface area contributed by atoms with E-state index in [1.165, 1.54) is 0 Å². The Morgan fingerprint density at radius 2 is 1.59 bits per heavy atom. The molecule has 10 heteroatoms. The van der Waals surface area contributed by atoms with Crippen LogP contribution >= 0.6 is 0 Å². The highest BCUT2D eigenvalue weighted by atomic mass is 32.2. The third kappa shape index (κ3) is 7.48. The largest absolute Gasteiger partial charge is 0.493 e. The van der Waals surface area contributed by atoms with Crippen molar-refractivity contribution in [1.29, 1.82) is 0 Å². The van der Waals surface area contributed by atoms with Gasteiger partial charge in [-0.15, -0.1) is 0 Å². The Labute approximate surface area is 245 Å². The number of hydrogen-bond acceptors (Lipinski definition) is 8. The Morgan fingerprint density at radius 1 is 0.854 bits per heavy atom. The molecule has 0 saturated carbocycles. The third-order valence-corrected chi connectivity index (χ3v) is 9.75. The van der Waals surface area contributed by atoms with E-state index < -0.39 is 10.0 Å². The zero-order chi connectivity index (χ0) is 29.2. The predicted octanol–water partition coefficient (Wildman–Crippen LogP) is 4.65. The maximum absolute atomic E-state index is 13.7. The van der Waals surface area contributed by atoms with Crippen LogP contribution in [0.4, 0.5) is 0 Å². The SMILES string of the molecule is CCCCN(CCCCN1CCN(Cc2ccc(OC)c(OC)c2OC)CC1)S(=O)(=O)c1cccc2cnccc12. The average Bonchev–Trinajstić information content (AvgIpc) is 3.00. The van der Waals surface area contributed by atoms with E-state index in [2.05, 4.69) is 21.7 Å². The number of nitrogens with zero attached hydrogens (tertiary/aromatic N) is 4. The topological polar surface area (TPSA) is 84.4 Å². The number of benzene rings is 2. The van der Waals surface area contributed by atoms with Gasteiger partial charge in [-0.3, -0.25) is 9.88 Å². The molecular formula is C31H44N4O5S. The highest BCUT2D eigenvalue weighted by Gasteiger charge is 2.26. The number of hydrogen-bond donors (Lipinski definition) is 0. The van der Waals surface area contributed by atoms with Gasteiger partial charge in [0.1, 0.15) is 0 Å². The van der Waals surface area contributed by atoms with Gasteiger partial charge in [0.25, 0.3) is 0 Å². The molecule has 0 atom stereocenters. The quantitative estimate of drug-likeness (QED) is 0.239. The van der Waals surface area contributed by atoms with E-state index in [4.69, 9.17) is 14.2 Å². The summed E-state index contributed by atoms with van der Waals surface area (Å²) >= 11 is 0. The van der Waals surface area contributed by atoms with E-state index in [0.29, 0.717) is 29.5 Å². The first-order valence-electron chi connectivity index (χ1n) is 14.5. The predicted molar refractivity (Wildman–Crippen MR) is 162 cm³/mol. The fourth-order valence-electron chi connectivity index (χ4n) is 5.47. The number of sulfonamides is 1. The highest BCUT2D eigenvalue weighted by Crippen LogP contribution is 2.40. The molecule has 1 saturated heterocycles. The number of methoxy groups -OCH3 is 3. The molecule has 0 spiro atoms. The number of unbranched alkanes of at least 4 members (excludes halogenated alkanes) is 2. The monoisotopic (exact) mass is 584 g/mol. The normalized spacial score (nSPS) is 15.0. The lowest BCUT2D eigenvalue weighted by Crippen LogP contribution is -2.46. The van der Waals surface area contributed by atoms with Gasteiger partial charge >= 0.3 is 0 Å². The molecule has 0 bridgehead atoms. The summed E-state index contributed by atoms with van der Waals surface area (Å²) in [6.45, 7) is 8.81. The Bertz CT molecular complexity index is 1370. The van der Waals surface area contributed by atoms with Crippen molar-refractivity contribution in [2.75, 3.05) is 67.1 Å². The van der Waals surface area contributed by atoms with Gasteiger partial charge in [0.2, 0.25) is 15.8 Å². The van der Waals surface area contributed by atoms with Gasteiger partial charge in [0.15, 0.2) is 11.5 Å². The molecule has 1 fully saturated rings. The van der Waals surface area contributed by atoms with Crippen molar-refractivity contribution < 1.29 is 22.6 Å². The number of ether oxygens (including phenoxy) is 3. The van der Waals surface area contributed by atoms with Gasteiger partial charge in [-0.1, -0.05) is 31.5 Å². The van der Waals surface area contributed by atoms with Crippen molar-refractivity contribution in [2.45, 2.75) is 44.0 Å². The van der Waals surface area contributed by atoms with Crippen LogP contribution < -0.4 is 14.2 Å². The lowest BCUT2D eigenvalue weighted by atomic mass is 10.1. The number of aromatic nitrogens is 1. The van der Waals surface area contributed by atoms with Crippen LogP contribution in [0.5, 0.6) is 17.2 Å². The Kier molecular flexibility index (Phi) is 11.2. The second kappa shape index (κ2) is 14.8. The molecule has 2 heterocycles. The summed E-state index contributed by atoms with van der Waals surface area (Å²) in [5.74, 6) is 2.00. The molecule has 224 valence electrons. The summed E-state index contributed by atoms with van der Waals surface area (Å²) in [6.07, 6.45) is 6.96. The van der Waals surface area contributed by atoms with Crippen molar-refractivity contribution in [1.82, 2.24) is 19.1 Å². The molecule has 0 radical (unpaired) electrons. The van der Waals surface area contributed by atoms with E-state index in [0.717, 1.165) is 87.0 Å². The van der Waals surface area contributed by atoms with Gasteiger partial charge < -0.3 is 19.1 Å². The molecule has 0 amide bonds. The van der Waals surface area contributed by atoms with Crippen LogP contribution in [-0.2, 0) is 16.6 Å². The molecule has 1 aliphatic rings. The fraction of sp³-hybridized carbons (Fsp3) is 0.516. The first-order chi connectivity index (χ1) is 19.9. The summed E-state index contributed by atoms with van der Waals surface area (Å²) in [4.78, 5) is 9.43. The standard InChI is InChI=1S/C31H44N4O5S/c1-5-6-17-35(41(36,37)29-11-9-10-25-23-32-15-14-27(25)29)18-8-7-16-33-19-21-34(22-20-33)24-26-12-13-28(38-2)31(40-4)30(26)39-3/h9-15,23H,5-8,16-22,24H2,1-4H3. The zero-order valence-electron chi connectivity index (χ0n) is 24.8. The van der Waals surface area contributed by atoms with Crippen LogP contribution in [0.3, 0.4) is 0 Å². The summed E-state index contributed by atoms with van der Waals surface area (Å²) in [6, 6.07) is 11.2. The van der Waals surface area contributed by atoms with Crippen LogP contribution in [0, 0.1) is 0 Å². The number of rotatable bonds is 15. The van der Waals surface area contributed by atoms with Crippen molar-refractivity contribution >= 4 is 20.8 Å². The third-order valence-electron chi connectivity index (χ3n) is 7.80. The average molecular weight is 585 g/mol. The molecule has 3 aromatic rings. The van der Waals surface area contributed by atoms with Crippen molar-refractivity contribution in [2.24, 2.45) is 0 Å². The molecule has 2 aromatic carbocycles. The molecule has 9 nitrogen and oxygen atoms in total. The highest BCUT2D eigenvalue weighted by molar-refractivity contribution is 7.89. The van der Waals surface area contributed by atoms with E-state index in [1.807, 2.05) is 18.2 Å². The van der Waals surface area contributed by atoms with Gasteiger partial charge in [-0.25, -0.2) is 8.42 Å². The summed E-state index contributed by atoms with van der Waals surface area (Å²) in [5, 5.41) is 1.57. The summed E-state index contributed by atoms with van der Waals surface area (Å²) in [5.41, 5.74) is 1.08. The number of pyridine rings is 1. The Morgan fingerprint density at radius 3 is 2.29 bits per heavy atom. The molecule has 0 unspecified atom stereocenters. The van der Waals surface area contributed by atoms with Gasteiger partial charge in [-0.05, 0) is 44.0 Å². The van der Waals surface area contributed by atoms with E-state index >= 15 is 0 Å². The zero-order valence-corrected chi connectivity index (χ0v) is 25.7. The van der Waals surface area contributed by atoms with Crippen molar-refractivity contribution in [3.63, 3.8) is 0 Å². The Balaban J connectivity index is 1.29. The molecule has 41 heavy (non-hydrogen) atoms. The molecule has 0 aliphatic carbocycles. The van der Waals surface area contributed by atoms with Gasteiger partial charge in [-0.2, -0.15) is 4.31 Å². The molecule has 1 aliphatic heterocycles. The molecule has 1 aromatic heterocycles. The van der Waals surface area contributed by atoms with Crippen molar-refractivity contribution in [3.05, 3.63) is 54.4 Å². The first kappa shape index (κ1) is 31.0. The summed E-state index contributed by atoms with van der Waals surface area (Å²) < 4.78 is 45.7. The van der Waals surface area contributed by atoms with E-state index in [-0.39, 0.29) is 0 Å². The van der Waals surface area contributed by atoms with Crippen LogP contribution in [0.15, 0.2) is 53.7 Å². The summed E-state index contributed by atoms with van der Waals surface area (Å²) in [7, 11) is 1.31. The first-order valence-corrected chi connectivity index (χ1v) is 15.9. The lowest BCUT2D eigenvalue weighted by molar-refractivity contribution is 0.124. The number of fused-ring (bicyclic) bond motifs is 1. The molecule has 0 N–H and O–H groups in total. The van der Waals surface area contributed by atoms with Crippen LogP contribution in [0.1, 0.15) is 38.2 Å². The van der Waals surface area contributed by atoms with Gasteiger partial charge in [0.05, 0.1) is 26.2 Å². The van der Waals surface area contributed by atoms with Gasteiger partial charge in [0, 0.05) is 74.5 Å². The minimum atomic E-state index is -3.60. The van der Waals surface area contributed by atoms with E-state index in [1.54, 1.807) is 56.2 Å². The van der Waals surface area contributed by atoms with E-state index in [9.17, 15) is 8.42 Å². The Hall–Kier alpha value is -2.92. The fourth-order valence-corrected chi connectivity index (χ4v) is 7.20. The van der Waals surface area contributed by atoms with Crippen LogP contribution in [0.25, 0.3) is 10.8 Å². The van der Waals surface area contributed by atoms with Crippen molar-refractivity contribution in [3.8, 4) is 17.2 Å². The maximum atomic E-state index is 13.7. The molecule has 4 rings (SSSR count). The number of piperazine rings is 1. The smallest absolute Gasteiger partial charge is 0.243 e. The van der Waals surface area contributed by atoms with Crippen LogP contribution in [-0.4, -0.2) is 94.6 Å². The maximum Gasteiger partial charge on any atom is 0.243 e. The van der Waals surface area contributed by atoms with Crippen LogP contribution in [0.2, 0.25) is 0 Å². The molecular weight excluding hydrogens is 540 g/mol. The minimum Gasteiger partial charge on any atom is -0.493 e. The second-order valence-electron chi connectivity index (χ2n) is 10.4.